The van der Waals surface area contributed by atoms with Crippen LogP contribution in [0.3, 0.4) is 0 Å². The zero-order chi connectivity index (χ0) is 18.0. The van der Waals surface area contributed by atoms with Crippen LogP contribution in [-0.4, -0.2) is 26.2 Å². The SMILES string of the molecule is CCc1nc2cc(Cl)ccn2c1C(=O)N(Cc1ccccc1)C(C)C. The molecule has 0 unspecified atom stereocenters. The van der Waals surface area contributed by atoms with E-state index in [-0.39, 0.29) is 11.9 Å². The first kappa shape index (κ1) is 17.5. The van der Waals surface area contributed by atoms with Crippen LogP contribution in [-0.2, 0) is 13.0 Å². The maximum Gasteiger partial charge on any atom is 0.273 e. The maximum absolute atomic E-state index is 13.4. The van der Waals surface area contributed by atoms with E-state index >= 15 is 0 Å². The van der Waals surface area contributed by atoms with Crippen LogP contribution in [0.4, 0.5) is 0 Å². The Morgan fingerprint density at radius 1 is 1.24 bits per heavy atom. The van der Waals surface area contributed by atoms with Crippen molar-refractivity contribution in [3.63, 3.8) is 0 Å². The third-order valence-electron chi connectivity index (χ3n) is 4.28. The molecule has 3 rings (SSSR count). The van der Waals surface area contributed by atoms with E-state index in [4.69, 9.17) is 11.6 Å². The summed E-state index contributed by atoms with van der Waals surface area (Å²) in [6.45, 7) is 6.65. The average Bonchev–Trinajstić information content (AvgIpc) is 2.97. The summed E-state index contributed by atoms with van der Waals surface area (Å²) in [5, 5.41) is 0.615. The molecule has 0 fully saturated rings. The number of amides is 1. The molecule has 0 radical (unpaired) electrons. The van der Waals surface area contributed by atoms with Gasteiger partial charge in [0.1, 0.15) is 11.3 Å². The van der Waals surface area contributed by atoms with Crippen LogP contribution in [0.5, 0.6) is 0 Å². The van der Waals surface area contributed by atoms with Gasteiger partial charge in [0.2, 0.25) is 0 Å². The molecule has 3 aromatic rings. The molecule has 0 saturated heterocycles. The molecule has 0 bridgehead atoms. The number of carbonyl (C=O) groups is 1. The molecule has 2 heterocycles. The van der Waals surface area contributed by atoms with Gasteiger partial charge < -0.3 is 4.90 Å². The fourth-order valence-corrected chi connectivity index (χ4v) is 3.10. The van der Waals surface area contributed by atoms with Gasteiger partial charge in [-0.25, -0.2) is 4.98 Å². The van der Waals surface area contributed by atoms with E-state index in [1.807, 2.05) is 66.6 Å². The summed E-state index contributed by atoms with van der Waals surface area (Å²) in [7, 11) is 0. The largest absolute Gasteiger partial charge is 0.331 e. The number of fused-ring (bicyclic) bond motifs is 1. The number of carbonyl (C=O) groups excluding carboxylic acids is 1. The van der Waals surface area contributed by atoms with Crippen molar-refractivity contribution in [3.05, 3.63) is 70.6 Å². The van der Waals surface area contributed by atoms with E-state index in [0.717, 1.165) is 11.3 Å². The van der Waals surface area contributed by atoms with Gasteiger partial charge in [-0.3, -0.25) is 9.20 Å². The molecule has 4 nitrogen and oxygen atoms in total. The van der Waals surface area contributed by atoms with Crippen molar-refractivity contribution in [2.75, 3.05) is 0 Å². The van der Waals surface area contributed by atoms with E-state index in [1.165, 1.54) is 0 Å². The monoisotopic (exact) mass is 355 g/mol. The summed E-state index contributed by atoms with van der Waals surface area (Å²) < 4.78 is 1.84. The molecule has 0 atom stereocenters. The van der Waals surface area contributed by atoms with Crippen LogP contribution >= 0.6 is 11.6 Å². The molecule has 130 valence electrons. The summed E-state index contributed by atoms with van der Waals surface area (Å²) in [4.78, 5) is 19.8. The minimum absolute atomic E-state index is 0.00877. The Bertz CT molecular complexity index is 887. The highest BCUT2D eigenvalue weighted by Gasteiger charge is 2.25. The van der Waals surface area contributed by atoms with Gasteiger partial charge in [0, 0.05) is 29.9 Å². The number of halogens is 1. The van der Waals surface area contributed by atoms with Gasteiger partial charge in [0.15, 0.2) is 0 Å². The third kappa shape index (κ3) is 3.54. The Balaban J connectivity index is 2.04. The zero-order valence-corrected chi connectivity index (χ0v) is 15.5. The second kappa shape index (κ2) is 7.28. The third-order valence-corrected chi connectivity index (χ3v) is 4.51. The number of aromatic nitrogens is 2. The number of imidazole rings is 1. The minimum Gasteiger partial charge on any atom is -0.331 e. The van der Waals surface area contributed by atoms with Crippen LogP contribution in [0.15, 0.2) is 48.7 Å². The van der Waals surface area contributed by atoms with Gasteiger partial charge in [0.25, 0.3) is 5.91 Å². The van der Waals surface area contributed by atoms with E-state index in [1.54, 1.807) is 12.1 Å². The highest BCUT2D eigenvalue weighted by Crippen LogP contribution is 2.21. The van der Waals surface area contributed by atoms with Gasteiger partial charge in [-0.05, 0) is 31.9 Å². The summed E-state index contributed by atoms with van der Waals surface area (Å²) in [6.07, 6.45) is 2.51. The smallest absolute Gasteiger partial charge is 0.273 e. The van der Waals surface area contributed by atoms with Crippen molar-refractivity contribution in [1.82, 2.24) is 14.3 Å². The summed E-state index contributed by atoms with van der Waals surface area (Å²) in [5.74, 6) is -0.00877. The van der Waals surface area contributed by atoms with Gasteiger partial charge in [-0.2, -0.15) is 0 Å². The first-order valence-electron chi connectivity index (χ1n) is 8.52. The topological polar surface area (TPSA) is 37.6 Å². The second-order valence-electron chi connectivity index (χ2n) is 6.35. The summed E-state index contributed by atoms with van der Waals surface area (Å²) in [5.41, 5.74) is 3.24. The number of benzene rings is 1. The lowest BCUT2D eigenvalue weighted by Gasteiger charge is -2.27. The molecule has 0 aliphatic rings. The fraction of sp³-hybridized carbons (Fsp3) is 0.300. The van der Waals surface area contributed by atoms with Crippen LogP contribution < -0.4 is 0 Å². The van der Waals surface area contributed by atoms with Crippen LogP contribution in [0.25, 0.3) is 5.65 Å². The standard InChI is InChI=1S/C20H22ClN3O/c1-4-17-19(23-11-10-16(21)12-18(23)22-17)20(25)24(14(2)3)13-15-8-6-5-7-9-15/h5-12,14H,4,13H2,1-3H3. The summed E-state index contributed by atoms with van der Waals surface area (Å²) >= 11 is 6.07. The molecular formula is C20H22ClN3O. The number of hydrogen-bond acceptors (Lipinski definition) is 2. The van der Waals surface area contributed by atoms with Crippen molar-refractivity contribution in [2.45, 2.75) is 39.8 Å². The Morgan fingerprint density at radius 3 is 2.60 bits per heavy atom. The van der Waals surface area contributed by atoms with Gasteiger partial charge in [0.05, 0.1) is 5.69 Å². The second-order valence-corrected chi connectivity index (χ2v) is 6.78. The highest BCUT2D eigenvalue weighted by atomic mass is 35.5. The van der Waals surface area contributed by atoms with Crippen LogP contribution in [0.2, 0.25) is 5.02 Å². The molecule has 5 heteroatoms. The van der Waals surface area contributed by atoms with Crippen molar-refractivity contribution in [2.24, 2.45) is 0 Å². The zero-order valence-electron chi connectivity index (χ0n) is 14.7. The normalized spacial score (nSPS) is 11.2. The molecule has 0 aliphatic carbocycles. The van der Waals surface area contributed by atoms with Gasteiger partial charge >= 0.3 is 0 Å². The lowest BCUT2D eigenvalue weighted by atomic mass is 10.1. The van der Waals surface area contributed by atoms with E-state index in [0.29, 0.717) is 29.3 Å². The van der Waals surface area contributed by atoms with E-state index < -0.39 is 0 Å². The van der Waals surface area contributed by atoms with Crippen molar-refractivity contribution in [1.29, 1.82) is 0 Å². The van der Waals surface area contributed by atoms with Crippen LogP contribution in [0, 0.1) is 0 Å². The molecule has 0 aliphatic heterocycles. The molecule has 25 heavy (non-hydrogen) atoms. The Morgan fingerprint density at radius 2 is 1.96 bits per heavy atom. The first-order valence-corrected chi connectivity index (χ1v) is 8.90. The fourth-order valence-electron chi connectivity index (χ4n) is 2.95. The predicted octanol–water partition coefficient (Wildman–Crippen LogP) is 4.60. The van der Waals surface area contributed by atoms with Crippen molar-refractivity contribution < 1.29 is 4.79 Å². The molecule has 1 amide bonds. The van der Waals surface area contributed by atoms with Gasteiger partial charge in [-0.1, -0.05) is 48.9 Å². The van der Waals surface area contributed by atoms with Crippen LogP contribution in [0.1, 0.15) is 42.5 Å². The average molecular weight is 356 g/mol. The van der Waals surface area contributed by atoms with E-state index in [2.05, 4.69) is 4.98 Å². The lowest BCUT2D eigenvalue weighted by Crippen LogP contribution is -2.37. The molecule has 0 N–H and O–H groups in total. The Labute approximate surface area is 153 Å². The van der Waals surface area contributed by atoms with E-state index in [9.17, 15) is 4.79 Å². The highest BCUT2D eigenvalue weighted by molar-refractivity contribution is 6.30. The maximum atomic E-state index is 13.4. The number of hydrogen-bond donors (Lipinski definition) is 0. The minimum atomic E-state index is -0.00877. The Hall–Kier alpha value is -2.33. The predicted molar refractivity (Wildman–Crippen MR) is 101 cm³/mol. The molecule has 0 spiro atoms. The number of pyridine rings is 1. The molecule has 1 aromatic carbocycles. The van der Waals surface area contributed by atoms with Gasteiger partial charge in [-0.15, -0.1) is 0 Å². The van der Waals surface area contributed by atoms with Crippen molar-refractivity contribution in [3.8, 4) is 0 Å². The summed E-state index contributed by atoms with van der Waals surface area (Å²) in [6, 6.07) is 13.7. The quantitative estimate of drug-likeness (QED) is 0.670. The number of nitrogens with zero attached hydrogens (tertiary/aromatic N) is 3. The molecule has 2 aromatic heterocycles. The van der Waals surface area contributed by atoms with Crippen molar-refractivity contribution >= 4 is 23.2 Å². The first-order chi connectivity index (χ1) is 12.0. The Kier molecular flexibility index (Phi) is 5.09. The molecular weight excluding hydrogens is 334 g/mol. The lowest BCUT2D eigenvalue weighted by molar-refractivity contribution is 0.0682. The number of aryl methyl sites for hydroxylation is 1. The number of rotatable bonds is 5. The molecule has 0 saturated carbocycles.